The molecule has 0 aliphatic heterocycles. The normalized spacial score (nSPS) is 22.2. The van der Waals surface area contributed by atoms with Crippen LogP contribution in [0.1, 0.15) is 136 Å². The molecule has 1 aliphatic carbocycles. The molecule has 15 heteroatoms. The van der Waals surface area contributed by atoms with E-state index < -0.39 is 75.7 Å². The highest BCUT2D eigenvalue weighted by atomic mass is 31.2. The summed E-state index contributed by atoms with van der Waals surface area (Å²) in [7, 11) is -5.17. The Balaban J connectivity index is 2.58. The average molecular weight is 947 g/mol. The zero-order chi connectivity index (χ0) is 48.7. The maximum absolute atomic E-state index is 12.8. The van der Waals surface area contributed by atoms with Gasteiger partial charge >= 0.3 is 19.8 Å². The van der Waals surface area contributed by atoms with E-state index in [0.717, 1.165) is 51.4 Å². The lowest BCUT2D eigenvalue weighted by molar-refractivity contribution is -0.220. The molecule has 0 amide bonds. The average Bonchev–Trinajstić information content (AvgIpc) is 3.29. The van der Waals surface area contributed by atoms with Crippen LogP contribution in [0.25, 0.3) is 0 Å². The van der Waals surface area contributed by atoms with Crippen molar-refractivity contribution in [2.45, 2.75) is 179 Å². The molecule has 0 spiro atoms. The van der Waals surface area contributed by atoms with Gasteiger partial charge in [0.1, 0.15) is 43.2 Å². The van der Waals surface area contributed by atoms with Gasteiger partial charge in [-0.1, -0.05) is 143 Å². The van der Waals surface area contributed by atoms with Crippen LogP contribution in [0.3, 0.4) is 0 Å². The van der Waals surface area contributed by atoms with Gasteiger partial charge in [0.15, 0.2) is 11.9 Å². The molecule has 1 fully saturated rings. The topological polar surface area (TPSA) is 227 Å². The van der Waals surface area contributed by atoms with E-state index in [4.69, 9.17) is 18.5 Å². The molecule has 0 bridgehead atoms. The van der Waals surface area contributed by atoms with Crippen molar-refractivity contribution in [3.8, 4) is 0 Å². The Labute approximate surface area is 393 Å². The fourth-order valence-corrected chi connectivity index (χ4v) is 7.19. The van der Waals surface area contributed by atoms with Crippen LogP contribution < -0.4 is 0 Å². The highest BCUT2D eigenvalue weighted by Crippen LogP contribution is 2.47. The number of phosphoric ester groups is 1. The number of carbonyl (C=O) groups excluding carboxylic acids is 3. The molecule has 14 nitrogen and oxygen atoms in total. The molecule has 1 rings (SSSR count). The minimum atomic E-state index is -5.17. The Bertz CT molecular complexity index is 1630. The zero-order valence-corrected chi connectivity index (χ0v) is 40.1. The number of phosphoric acid groups is 1. The molecule has 3 unspecified atom stereocenters. The van der Waals surface area contributed by atoms with Gasteiger partial charge in [0.2, 0.25) is 0 Å². The lowest BCUT2D eigenvalue weighted by Gasteiger charge is -2.41. The summed E-state index contributed by atoms with van der Waals surface area (Å²) in [6, 6.07) is 0. The van der Waals surface area contributed by atoms with E-state index in [2.05, 4.69) is 56.4 Å². The number of carbonyl (C=O) groups is 3. The number of ketones is 1. The number of aliphatic hydroxyl groups is 5. The standard InChI is InChI=1S/C51H79O14P/c1-3-5-7-8-9-10-11-12-13-14-15-16-17-18-21-25-28-31-35-39-45(54)64-43(41-63-66(60,61)65-51-49(58)47(56)46(55)48(57)50(51)59)40-62-44(53)38-34-30-27-24-22-19-20-23-26-29-33-37-42(52)36-32-6-4-2/h9-10,12-13,15-16,18-21,24,26-29,31,33,37,43,46-51,55-59H,3-8,11,14,17,22-23,25,30,32,34-36,38-41H2,1-2H3,(H,60,61)/b10-9-,13-12-,16-15-,20-19-,21-18-,27-24-,29-26-,31-28-,37-33+/t43-,46?,47-,48+,49-,50-,51?/m1/s1. The second-order valence-corrected chi connectivity index (χ2v) is 17.3. The van der Waals surface area contributed by atoms with E-state index in [1.54, 1.807) is 12.2 Å². The van der Waals surface area contributed by atoms with E-state index in [9.17, 15) is 49.4 Å². The summed E-state index contributed by atoms with van der Waals surface area (Å²) in [6.07, 6.45) is 37.1. The van der Waals surface area contributed by atoms with E-state index in [-0.39, 0.29) is 18.6 Å². The number of allylic oxidation sites excluding steroid dienone is 18. The SMILES string of the molecule is CCCCC/C=C\C/C=C\C/C=C\C/C=C\C/C=C\CCC(=O)O[C@H](COC(=O)CCC/C=C\C/C=C\C/C=C\C=C\C(=O)CCCCC)COP(=O)(O)OC1[C@H](O)[C@H](O)C(O)[C@H](O)[C@H]1O. The second kappa shape index (κ2) is 39.2. The molecule has 1 aliphatic rings. The predicted octanol–water partition coefficient (Wildman–Crippen LogP) is 8.79. The molecule has 1 saturated carbocycles. The van der Waals surface area contributed by atoms with Crippen molar-refractivity contribution in [1.29, 1.82) is 0 Å². The Kier molecular flexibility index (Phi) is 35.8. The van der Waals surface area contributed by atoms with E-state index in [1.807, 2.05) is 54.7 Å². The van der Waals surface area contributed by atoms with Crippen LogP contribution in [-0.2, 0) is 37.5 Å². The fraction of sp³-hybridized carbons (Fsp3) is 0.588. The van der Waals surface area contributed by atoms with Gasteiger partial charge < -0.3 is 39.9 Å². The van der Waals surface area contributed by atoms with Crippen molar-refractivity contribution < 1.29 is 67.9 Å². The molecule has 8 atom stereocenters. The summed E-state index contributed by atoms with van der Waals surface area (Å²) in [5.74, 6) is -1.17. The Morgan fingerprint density at radius 1 is 0.515 bits per heavy atom. The first-order chi connectivity index (χ1) is 31.8. The Hall–Kier alpha value is -3.82. The lowest BCUT2D eigenvalue weighted by Crippen LogP contribution is -2.64. The highest BCUT2D eigenvalue weighted by molar-refractivity contribution is 7.47. The van der Waals surface area contributed by atoms with Crippen molar-refractivity contribution in [2.75, 3.05) is 13.2 Å². The first-order valence-electron chi connectivity index (χ1n) is 23.6. The minimum Gasteiger partial charge on any atom is -0.462 e. The number of ether oxygens (including phenoxy) is 2. The number of unbranched alkanes of at least 4 members (excludes halogenated alkanes) is 6. The van der Waals surface area contributed by atoms with Crippen LogP contribution in [0, 0.1) is 0 Å². The summed E-state index contributed by atoms with van der Waals surface area (Å²) < 4.78 is 33.4. The van der Waals surface area contributed by atoms with E-state index in [1.165, 1.54) is 19.3 Å². The number of esters is 2. The zero-order valence-electron chi connectivity index (χ0n) is 39.2. The van der Waals surface area contributed by atoms with Gasteiger partial charge in [-0.15, -0.1) is 0 Å². The monoisotopic (exact) mass is 947 g/mol. The quantitative estimate of drug-likeness (QED) is 0.00855. The van der Waals surface area contributed by atoms with Crippen LogP contribution >= 0.6 is 7.82 Å². The van der Waals surface area contributed by atoms with Crippen molar-refractivity contribution >= 4 is 25.5 Å². The number of hydrogen-bond donors (Lipinski definition) is 6. The largest absolute Gasteiger partial charge is 0.472 e. The van der Waals surface area contributed by atoms with Crippen LogP contribution in [0.15, 0.2) is 109 Å². The van der Waals surface area contributed by atoms with Gasteiger partial charge in [-0.05, 0) is 83.1 Å². The van der Waals surface area contributed by atoms with Gasteiger partial charge in [0.25, 0.3) is 0 Å². The van der Waals surface area contributed by atoms with Gasteiger partial charge in [-0.25, -0.2) is 4.57 Å². The van der Waals surface area contributed by atoms with Crippen molar-refractivity contribution in [2.24, 2.45) is 0 Å². The first kappa shape index (κ1) is 60.2. The van der Waals surface area contributed by atoms with Crippen molar-refractivity contribution in [3.05, 3.63) is 109 Å². The summed E-state index contributed by atoms with van der Waals surface area (Å²) >= 11 is 0. The third kappa shape index (κ3) is 31.2. The number of hydrogen-bond acceptors (Lipinski definition) is 13. The summed E-state index contributed by atoms with van der Waals surface area (Å²) in [5, 5.41) is 50.2. The van der Waals surface area contributed by atoms with Crippen LogP contribution in [0.2, 0.25) is 0 Å². The first-order valence-corrected chi connectivity index (χ1v) is 25.1. The molecule has 6 N–H and O–H groups in total. The molecule has 0 saturated heterocycles. The highest BCUT2D eigenvalue weighted by Gasteiger charge is 2.51. The van der Waals surface area contributed by atoms with E-state index >= 15 is 0 Å². The molecule has 0 aromatic carbocycles. The molecular formula is C51H79O14P. The smallest absolute Gasteiger partial charge is 0.462 e. The number of aliphatic hydroxyl groups excluding tert-OH is 5. The van der Waals surface area contributed by atoms with Crippen LogP contribution in [-0.4, -0.2) is 104 Å². The minimum absolute atomic E-state index is 0.0426. The third-order valence-corrected chi connectivity index (χ3v) is 11.1. The predicted molar refractivity (Wildman–Crippen MR) is 258 cm³/mol. The van der Waals surface area contributed by atoms with Gasteiger partial charge in [-0.2, -0.15) is 0 Å². The molecule has 372 valence electrons. The summed E-state index contributed by atoms with van der Waals surface area (Å²) in [6.45, 7) is 2.98. The number of rotatable bonds is 37. The maximum Gasteiger partial charge on any atom is 0.472 e. The fourth-order valence-electron chi connectivity index (χ4n) is 6.22. The maximum atomic E-state index is 12.8. The molecular weight excluding hydrogens is 868 g/mol. The third-order valence-electron chi connectivity index (χ3n) is 10.1. The summed E-state index contributed by atoms with van der Waals surface area (Å²) in [5.41, 5.74) is 0. The van der Waals surface area contributed by atoms with Crippen molar-refractivity contribution in [3.63, 3.8) is 0 Å². The molecule has 0 radical (unpaired) electrons. The Morgan fingerprint density at radius 3 is 1.53 bits per heavy atom. The lowest BCUT2D eigenvalue weighted by atomic mass is 9.85. The van der Waals surface area contributed by atoms with Crippen LogP contribution in [0.5, 0.6) is 0 Å². The van der Waals surface area contributed by atoms with Gasteiger partial charge in [-0.3, -0.25) is 23.4 Å². The van der Waals surface area contributed by atoms with Gasteiger partial charge in [0.05, 0.1) is 6.61 Å². The second-order valence-electron chi connectivity index (χ2n) is 15.9. The molecule has 0 aromatic heterocycles. The van der Waals surface area contributed by atoms with Crippen LogP contribution in [0.4, 0.5) is 0 Å². The molecule has 0 heterocycles. The Morgan fingerprint density at radius 2 is 0.985 bits per heavy atom. The molecule has 0 aromatic rings. The van der Waals surface area contributed by atoms with Gasteiger partial charge in [0, 0.05) is 19.3 Å². The van der Waals surface area contributed by atoms with Crippen molar-refractivity contribution in [1.82, 2.24) is 0 Å². The van der Waals surface area contributed by atoms with E-state index in [0.29, 0.717) is 38.5 Å². The molecule has 66 heavy (non-hydrogen) atoms. The summed E-state index contributed by atoms with van der Waals surface area (Å²) in [4.78, 5) is 47.4.